The number of ether oxygens (including phenoxy) is 2. The van der Waals surface area contributed by atoms with E-state index in [1.165, 1.54) is 0 Å². The van der Waals surface area contributed by atoms with E-state index in [0.29, 0.717) is 39.5 Å². The van der Waals surface area contributed by atoms with Gasteiger partial charge in [-0.05, 0) is 0 Å². The van der Waals surface area contributed by atoms with E-state index in [2.05, 4.69) is 0 Å². The quantitative estimate of drug-likeness (QED) is 0.373. The molecule has 2 fully saturated rings. The molecular formula is C12H26N2NaO8S2. The molecular weight excluding hydrogens is 387 g/mol. The number of hydrogen-bond acceptors (Lipinski definition) is 8. The standard InChI is InChI=1S/2C6H13NO4S.Na/c2*8-12(9,10)6-3-7-1-4-11-5-2-7;/h2*1-6H2,(H,8,9,10);. The third-order valence-corrected chi connectivity index (χ3v) is 4.94. The van der Waals surface area contributed by atoms with Crippen molar-refractivity contribution in [2.45, 2.75) is 0 Å². The first kappa shape index (κ1) is 25.7. The van der Waals surface area contributed by atoms with E-state index in [-0.39, 0.29) is 41.1 Å². The van der Waals surface area contributed by atoms with Crippen LogP contribution in [0.2, 0.25) is 0 Å². The molecule has 2 aliphatic rings. The molecule has 10 nitrogen and oxygen atoms in total. The van der Waals surface area contributed by atoms with Gasteiger partial charge in [0.2, 0.25) is 0 Å². The number of morpholine rings is 2. The molecule has 0 aromatic rings. The van der Waals surface area contributed by atoms with Crippen LogP contribution in [-0.2, 0) is 29.7 Å². The molecule has 145 valence electrons. The zero-order valence-corrected chi connectivity index (χ0v) is 18.2. The van der Waals surface area contributed by atoms with Gasteiger partial charge in [-0.2, -0.15) is 16.8 Å². The maximum atomic E-state index is 10.4. The Morgan fingerprint density at radius 3 is 1.20 bits per heavy atom. The fraction of sp³-hybridized carbons (Fsp3) is 1.00. The zero-order valence-electron chi connectivity index (χ0n) is 14.5. The van der Waals surface area contributed by atoms with Gasteiger partial charge >= 0.3 is 0 Å². The fourth-order valence-electron chi connectivity index (χ4n) is 2.14. The topological polar surface area (TPSA) is 134 Å². The first-order valence-electron chi connectivity index (χ1n) is 7.66. The average molecular weight is 413 g/mol. The van der Waals surface area contributed by atoms with Gasteiger partial charge in [-0.3, -0.25) is 18.9 Å². The summed E-state index contributed by atoms with van der Waals surface area (Å²) in [5.74, 6) is -0.375. The van der Waals surface area contributed by atoms with Gasteiger partial charge in [0.15, 0.2) is 0 Å². The second-order valence-electron chi connectivity index (χ2n) is 5.48. The van der Waals surface area contributed by atoms with E-state index in [0.717, 1.165) is 26.2 Å². The summed E-state index contributed by atoms with van der Waals surface area (Å²) in [7, 11) is -7.61. The van der Waals surface area contributed by atoms with Crippen molar-refractivity contribution in [3.05, 3.63) is 0 Å². The third kappa shape index (κ3) is 15.4. The zero-order chi connectivity index (χ0) is 18.1. The van der Waals surface area contributed by atoms with Gasteiger partial charge in [0, 0.05) is 68.8 Å². The third-order valence-electron chi connectivity index (χ3n) is 3.54. The molecule has 0 bridgehead atoms. The number of hydrogen-bond donors (Lipinski definition) is 2. The molecule has 2 N–H and O–H groups in total. The van der Waals surface area contributed by atoms with Gasteiger partial charge in [0.1, 0.15) is 0 Å². The summed E-state index contributed by atoms with van der Waals surface area (Å²) in [4.78, 5) is 3.91. The Bertz CT molecular complexity index is 495. The largest absolute Gasteiger partial charge is 0.379 e. The molecule has 1 radical (unpaired) electrons. The smallest absolute Gasteiger partial charge is 0.266 e. The Hall–Kier alpha value is 0.660. The fourth-order valence-corrected chi connectivity index (χ4v) is 3.12. The van der Waals surface area contributed by atoms with Crippen molar-refractivity contribution >= 4 is 49.8 Å². The Labute approximate surface area is 171 Å². The van der Waals surface area contributed by atoms with E-state index in [1.54, 1.807) is 0 Å². The molecule has 2 rings (SSSR count). The Morgan fingerprint density at radius 2 is 0.960 bits per heavy atom. The summed E-state index contributed by atoms with van der Waals surface area (Å²) in [6.07, 6.45) is 0. The predicted molar refractivity (Wildman–Crippen MR) is 93.1 cm³/mol. The molecule has 2 saturated heterocycles. The van der Waals surface area contributed by atoms with E-state index >= 15 is 0 Å². The van der Waals surface area contributed by atoms with Crippen LogP contribution < -0.4 is 0 Å². The minimum atomic E-state index is -3.81. The summed E-state index contributed by atoms with van der Waals surface area (Å²) < 4.78 is 68.6. The van der Waals surface area contributed by atoms with Gasteiger partial charge in [0.25, 0.3) is 20.2 Å². The van der Waals surface area contributed by atoms with Crippen molar-refractivity contribution in [1.29, 1.82) is 0 Å². The molecule has 2 heterocycles. The number of rotatable bonds is 6. The van der Waals surface area contributed by atoms with Crippen LogP contribution in [0.3, 0.4) is 0 Å². The van der Waals surface area contributed by atoms with E-state index in [4.69, 9.17) is 18.6 Å². The van der Waals surface area contributed by atoms with Crippen LogP contribution in [0, 0.1) is 0 Å². The van der Waals surface area contributed by atoms with Crippen LogP contribution in [0.5, 0.6) is 0 Å². The first-order chi connectivity index (χ1) is 11.2. The van der Waals surface area contributed by atoms with Crippen LogP contribution in [0.1, 0.15) is 0 Å². The monoisotopic (exact) mass is 413 g/mol. The van der Waals surface area contributed by atoms with E-state index in [1.807, 2.05) is 9.80 Å². The molecule has 0 aliphatic carbocycles. The van der Waals surface area contributed by atoms with Gasteiger partial charge in [-0.15, -0.1) is 0 Å². The second kappa shape index (κ2) is 12.9. The van der Waals surface area contributed by atoms with Crippen LogP contribution in [0.15, 0.2) is 0 Å². The summed E-state index contributed by atoms with van der Waals surface area (Å²) in [5.41, 5.74) is 0. The van der Waals surface area contributed by atoms with Crippen LogP contribution >= 0.6 is 0 Å². The van der Waals surface area contributed by atoms with Crippen molar-refractivity contribution in [3.8, 4) is 0 Å². The molecule has 0 atom stereocenters. The van der Waals surface area contributed by atoms with Gasteiger partial charge in [-0.1, -0.05) is 0 Å². The molecule has 0 saturated carbocycles. The van der Waals surface area contributed by atoms with Crippen molar-refractivity contribution in [1.82, 2.24) is 9.80 Å². The normalized spacial score (nSPS) is 20.2. The first-order valence-corrected chi connectivity index (χ1v) is 10.9. The average Bonchev–Trinajstić information content (AvgIpc) is 2.52. The number of nitrogens with zero attached hydrogens (tertiary/aromatic N) is 2. The van der Waals surface area contributed by atoms with Crippen LogP contribution in [0.4, 0.5) is 0 Å². The van der Waals surface area contributed by atoms with Gasteiger partial charge < -0.3 is 9.47 Å². The molecule has 0 aromatic carbocycles. The SMILES string of the molecule is O=S(=O)(O)CCN1CCOCC1.O=S(=O)(O)CCN1CCOCC1.[Na]. The minimum absolute atomic E-state index is 0. The van der Waals surface area contributed by atoms with Crippen LogP contribution in [-0.4, -0.2) is 142 Å². The summed E-state index contributed by atoms with van der Waals surface area (Å²) in [6.45, 7) is 6.34. The Morgan fingerprint density at radius 1 is 0.680 bits per heavy atom. The Balaban J connectivity index is 0.000000443. The second-order valence-corrected chi connectivity index (χ2v) is 8.62. The van der Waals surface area contributed by atoms with Crippen LogP contribution in [0.25, 0.3) is 0 Å². The Kier molecular flexibility index (Phi) is 13.3. The van der Waals surface area contributed by atoms with E-state index in [9.17, 15) is 16.8 Å². The van der Waals surface area contributed by atoms with Gasteiger partial charge in [0.05, 0.1) is 37.9 Å². The molecule has 0 amide bonds. The van der Waals surface area contributed by atoms with Crippen molar-refractivity contribution in [2.75, 3.05) is 77.2 Å². The summed E-state index contributed by atoms with van der Waals surface area (Å²) in [6, 6.07) is 0. The van der Waals surface area contributed by atoms with E-state index < -0.39 is 20.2 Å². The molecule has 2 aliphatic heterocycles. The summed E-state index contributed by atoms with van der Waals surface area (Å²) >= 11 is 0. The predicted octanol–water partition coefficient (Wildman–Crippen LogP) is -1.97. The summed E-state index contributed by atoms with van der Waals surface area (Å²) in [5, 5.41) is 0. The van der Waals surface area contributed by atoms with Crippen molar-refractivity contribution in [2.24, 2.45) is 0 Å². The molecule has 0 spiro atoms. The molecule has 0 aromatic heterocycles. The molecule has 13 heteroatoms. The maximum absolute atomic E-state index is 10.4. The van der Waals surface area contributed by atoms with Crippen molar-refractivity contribution in [3.63, 3.8) is 0 Å². The molecule has 25 heavy (non-hydrogen) atoms. The maximum Gasteiger partial charge on any atom is 0.266 e. The molecule has 0 unspecified atom stereocenters. The van der Waals surface area contributed by atoms with Crippen molar-refractivity contribution < 1.29 is 35.4 Å². The minimum Gasteiger partial charge on any atom is -0.379 e. The van der Waals surface area contributed by atoms with Gasteiger partial charge in [-0.25, -0.2) is 0 Å².